The highest BCUT2D eigenvalue weighted by Gasteiger charge is 2.14. The van der Waals surface area contributed by atoms with Crippen molar-refractivity contribution in [1.29, 1.82) is 0 Å². The van der Waals surface area contributed by atoms with Crippen molar-refractivity contribution in [2.75, 3.05) is 4.72 Å². The van der Waals surface area contributed by atoms with Crippen LogP contribution in [0, 0.1) is 0 Å². The lowest BCUT2D eigenvalue weighted by Gasteiger charge is -2.09. The number of anilines is 1. The van der Waals surface area contributed by atoms with Gasteiger partial charge in [0.25, 0.3) is 10.0 Å². The minimum Gasteiger partial charge on any atom is -0.366 e. The lowest BCUT2D eigenvalue weighted by molar-refractivity contribution is 0.1000. The molecule has 3 aromatic carbocycles. The Bertz CT molecular complexity index is 980. The maximum absolute atomic E-state index is 12.4. The maximum atomic E-state index is 12.4. The van der Waals surface area contributed by atoms with Crippen LogP contribution in [0.25, 0.3) is 10.8 Å². The molecule has 6 heteroatoms. The lowest BCUT2D eigenvalue weighted by atomic mass is 10.1. The van der Waals surface area contributed by atoms with Gasteiger partial charge in [0.1, 0.15) is 0 Å². The Balaban J connectivity index is 1.91. The van der Waals surface area contributed by atoms with Gasteiger partial charge in [-0.25, -0.2) is 8.42 Å². The van der Waals surface area contributed by atoms with Gasteiger partial charge < -0.3 is 5.73 Å². The second-order valence-electron chi connectivity index (χ2n) is 5.06. The summed E-state index contributed by atoms with van der Waals surface area (Å²) in [6.07, 6.45) is 0. The van der Waals surface area contributed by atoms with Crippen molar-refractivity contribution >= 4 is 32.4 Å². The summed E-state index contributed by atoms with van der Waals surface area (Å²) in [6, 6.07) is 18.5. The molecule has 0 fully saturated rings. The molecule has 0 aliphatic heterocycles. The van der Waals surface area contributed by atoms with E-state index < -0.39 is 15.9 Å². The van der Waals surface area contributed by atoms with E-state index in [1.807, 2.05) is 30.3 Å². The molecule has 3 aromatic rings. The van der Waals surface area contributed by atoms with Gasteiger partial charge in [-0.15, -0.1) is 0 Å². The summed E-state index contributed by atoms with van der Waals surface area (Å²) < 4.78 is 27.3. The van der Waals surface area contributed by atoms with Crippen LogP contribution in [0.15, 0.2) is 71.6 Å². The number of rotatable bonds is 4. The fraction of sp³-hybridized carbons (Fsp3) is 0. The molecular weight excluding hydrogens is 312 g/mol. The second kappa shape index (κ2) is 5.73. The van der Waals surface area contributed by atoms with E-state index in [1.54, 1.807) is 12.1 Å². The molecule has 0 aliphatic carbocycles. The number of sulfonamides is 1. The van der Waals surface area contributed by atoms with Crippen LogP contribution >= 0.6 is 0 Å². The Morgan fingerprint density at radius 2 is 1.52 bits per heavy atom. The van der Waals surface area contributed by atoms with Crippen LogP contribution in [0.3, 0.4) is 0 Å². The first kappa shape index (κ1) is 15.1. The second-order valence-corrected chi connectivity index (χ2v) is 6.74. The standard InChI is InChI=1S/C17H14N2O3S/c18-17(20)13-6-9-16(10-7-13)23(21,22)19-15-8-5-12-3-1-2-4-14(12)11-15/h1-11,19H,(H2,18,20). The fourth-order valence-corrected chi connectivity index (χ4v) is 3.31. The Morgan fingerprint density at radius 1 is 0.870 bits per heavy atom. The molecule has 116 valence electrons. The number of hydrogen-bond donors (Lipinski definition) is 2. The Hall–Kier alpha value is -2.86. The van der Waals surface area contributed by atoms with E-state index in [-0.39, 0.29) is 10.5 Å². The third-order valence-corrected chi connectivity index (χ3v) is 4.85. The molecule has 23 heavy (non-hydrogen) atoms. The Morgan fingerprint density at radius 3 is 2.17 bits per heavy atom. The molecule has 0 aromatic heterocycles. The van der Waals surface area contributed by atoms with Gasteiger partial charge in [-0.2, -0.15) is 0 Å². The average molecular weight is 326 g/mol. The number of hydrogen-bond acceptors (Lipinski definition) is 3. The Kier molecular flexibility index (Phi) is 3.75. The fourth-order valence-electron chi connectivity index (χ4n) is 2.27. The van der Waals surface area contributed by atoms with Crippen LogP contribution in [-0.2, 0) is 10.0 Å². The SMILES string of the molecule is NC(=O)c1ccc(S(=O)(=O)Nc2ccc3ccccc3c2)cc1. The highest BCUT2D eigenvalue weighted by atomic mass is 32.2. The summed E-state index contributed by atoms with van der Waals surface area (Å²) in [5, 5.41) is 1.97. The molecule has 0 atom stereocenters. The van der Waals surface area contributed by atoms with E-state index in [0.717, 1.165) is 10.8 Å². The minimum atomic E-state index is -3.73. The van der Waals surface area contributed by atoms with Gasteiger partial charge in [0.15, 0.2) is 0 Å². The molecule has 3 rings (SSSR count). The maximum Gasteiger partial charge on any atom is 0.261 e. The zero-order chi connectivity index (χ0) is 16.4. The van der Waals surface area contributed by atoms with Gasteiger partial charge in [0, 0.05) is 11.3 Å². The van der Waals surface area contributed by atoms with Gasteiger partial charge >= 0.3 is 0 Å². The Labute approximate surface area is 133 Å². The first-order chi connectivity index (χ1) is 11.0. The zero-order valence-corrected chi connectivity index (χ0v) is 12.9. The first-order valence-corrected chi connectivity index (χ1v) is 8.35. The smallest absolute Gasteiger partial charge is 0.261 e. The lowest BCUT2D eigenvalue weighted by Crippen LogP contribution is -2.14. The molecule has 0 bridgehead atoms. The van der Waals surface area contributed by atoms with Crippen molar-refractivity contribution in [1.82, 2.24) is 0 Å². The highest BCUT2D eigenvalue weighted by Crippen LogP contribution is 2.21. The van der Waals surface area contributed by atoms with Gasteiger partial charge in [-0.3, -0.25) is 9.52 Å². The molecule has 0 saturated heterocycles. The number of nitrogens with one attached hydrogen (secondary N) is 1. The average Bonchev–Trinajstić information content (AvgIpc) is 2.54. The van der Waals surface area contributed by atoms with Crippen molar-refractivity contribution in [3.63, 3.8) is 0 Å². The van der Waals surface area contributed by atoms with Crippen molar-refractivity contribution in [2.24, 2.45) is 5.73 Å². The van der Waals surface area contributed by atoms with E-state index in [4.69, 9.17) is 5.73 Å². The first-order valence-electron chi connectivity index (χ1n) is 6.87. The van der Waals surface area contributed by atoms with Gasteiger partial charge in [0.05, 0.1) is 4.90 Å². The van der Waals surface area contributed by atoms with Crippen LogP contribution in [0.4, 0.5) is 5.69 Å². The normalized spacial score (nSPS) is 11.3. The summed E-state index contributed by atoms with van der Waals surface area (Å²) in [5.74, 6) is -0.601. The molecule has 5 nitrogen and oxygen atoms in total. The van der Waals surface area contributed by atoms with Crippen molar-refractivity contribution in [2.45, 2.75) is 4.90 Å². The van der Waals surface area contributed by atoms with Gasteiger partial charge in [-0.05, 0) is 47.2 Å². The zero-order valence-electron chi connectivity index (χ0n) is 12.1. The van der Waals surface area contributed by atoms with Gasteiger partial charge in [0.2, 0.25) is 5.91 Å². The predicted octanol–water partition coefficient (Wildman–Crippen LogP) is 2.74. The number of benzene rings is 3. The van der Waals surface area contributed by atoms with Crippen LogP contribution in [-0.4, -0.2) is 14.3 Å². The molecule has 0 radical (unpaired) electrons. The highest BCUT2D eigenvalue weighted by molar-refractivity contribution is 7.92. The summed E-state index contributed by atoms with van der Waals surface area (Å²) in [4.78, 5) is 11.1. The number of primary amides is 1. The largest absolute Gasteiger partial charge is 0.366 e. The topological polar surface area (TPSA) is 89.3 Å². The third-order valence-electron chi connectivity index (χ3n) is 3.45. The molecule has 0 saturated carbocycles. The van der Waals surface area contributed by atoms with Crippen LogP contribution < -0.4 is 10.5 Å². The predicted molar refractivity (Wildman–Crippen MR) is 89.7 cm³/mol. The van der Waals surface area contributed by atoms with Crippen molar-refractivity contribution in [3.05, 3.63) is 72.3 Å². The van der Waals surface area contributed by atoms with E-state index in [1.165, 1.54) is 24.3 Å². The van der Waals surface area contributed by atoms with E-state index >= 15 is 0 Å². The quantitative estimate of drug-likeness (QED) is 0.772. The molecule has 0 unspecified atom stereocenters. The van der Waals surface area contributed by atoms with E-state index in [2.05, 4.69) is 4.72 Å². The number of fused-ring (bicyclic) bond motifs is 1. The number of nitrogens with two attached hydrogens (primary N) is 1. The van der Waals surface area contributed by atoms with E-state index in [9.17, 15) is 13.2 Å². The molecular formula is C17H14N2O3S. The molecule has 0 aliphatic rings. The monoisotopic (exact) mass is 326 g/mol. The third kappa shape index (κ3) is 3.17. The molecule has 0 spiro atoms. The molecule has 1 amide bonds. The van der Waals surface area contributed by atoms with Gasteiger partial charge in [-0.1, -0.05) is 30.3 Å². The van der Waals surface area contributed by atoms with Crippen LogP contribution in [0.1, 0.15) is 10.4 Å². The van der Waals surface area contributed by atoms with Crippen molar-refractivity contribution < 1.29 is 13.2 Å². The van der Waals surface area contributed by atoms with Crippen molar-refractivity contribution in [3.8, 4) is 0 Å². The molecule has 3 N–H and O–H groups in total. The van der Waals surface area contributed by atoms with Crippen LogP contribution in [0.5, 0.6) is 0 Å². The summed E-state index contributed by atoms with van der Waals surface area (Å²) >= 11 is 0. The number of amides is 1. The summed E-state index contributed by atoms with van der Waals surface area (Å²) in [7, 11) is -3.73. The van der Waals surface area contributed by atoms with Crippen LogP contribution in [0.2, 0.25) is 0 Å². The summed E-state index contributed by atoms with van der Waals surface area (Å²) in [6.45, 7) is 0. The van der Waals surface area contributed by atoms with E-state index in [0.29, 0.717) is 5.69 Å². The summed E-state index contributed by atoms with van der Waals surface area (Å²) in [5.41, 5.74) is 5.88. The minimum absolute atomic E-state index is 0.0654. The number of carbonyl (C=O) groups excluding carboxylic acids is 1. The number of carbonyl (C=O) groups is 1. The molecule has 0 heterocycles.